The van der Waals surface area contributed by atoms with Crippen LogP contribution >= 0.6 is 11.6 Å². The maximum atomic E-state index is 12.9. The van der Waals surface area contributed by atoms with E-state index >= 15 is 0 Å². The quantitative estimate of drug-likeness (QED) is 0.591. The van der Waals surface area contributed by atoms with Gasteiger partial charge in [-0.1, -0.05) is 11.6 Å². The number of anilines is 3. The van der Waals surface area contributed by atoms with Crippen LogP contribution in [0.1, 0.15) is 0 Å². The number of nitrogens with one attached hydrogen (secondary N) is 2. The van der Waals surface area contributed by atoms with Crippen molar-refractivity contribution in [3.63, 3.8) is 0 Å². The van der Waals surface area contributed by atoms with Gasteiger partial charge in [0.25, 0.3) is 0 Å². The van der Waals surface area contributed by atoms with E-state index in [1.54, 1.807) is 0 Å². The second-order valence-corrected chi connectivity index (χ2v) is 4.40. The van der Waals surface area contributed by atoms with Gasteiger partial charge in [-0.15, -0.1) is 8.78 Å². The Hall–Kier alpha value is -2.39. The van der Waals surface area contributed by atoms with E-state index < -0.39 is 6.29 Å². The Balaban J connectivity index is 1.87. The van der Waals surface area contributed by atoms with Crippen molar-refractivity contribution in [3.8, 4) is 11.5 Å². The minimum Gasteiger partial charge on any atom is -0.395 e. The lowest BCUT2D eigenvalue weighted by Gasteiger charge is -2.09. The molecule has 0 atom stereocenters. The van der Waals surface area contributed by atoms with Crippen LogP contribution in [0.3, 0.4) is 0 Å². The molecule has 0 amide bonds. The Morgan fingerprint density at radius 1 is 1.24 bits per heavy atom. The number of hydrogen-bond acceptors (Lipinski definition) is 7. The number of halogens is 3. The van der Waals surface area contributed by atoms with Gasteiger partial charge in [0.15, 0.2) is 17.3 Å². The topological polar surface area (TPSA) is 94.3 Å². The Morgan fingerprint density at radius 3 is 2.76 bits per heavy atom. The molecular formula is C11H8ClF2N5O2. The molecule has 3 rings (SSSR count). The molecule has 1 aliphatic rings. The second-order valence-electron chi connectivity index (χ2n) is 3.99. The largest absolute Gasteiger partial charge is 0.586 e. The standard InChI is InChI=1S/C11H8ClF2N5O2/c12-6-4-16-10(19-15)18-9(6)17-5-1-2-7-8(3-5)21-11(13,14)20-7/h1-4H,15H2,(H2,16,17,18,19). The maximum Gasteiger partial charge on any atom is 0.586 e. The zero-order valence-electron chi connectivity index (χ0n) is 10.2. The fourth-order valence-electron chi connectivity index (χ4n) is 1.69. The molecule has 0 radical (unpaired) electrons. The zero-order chi connectivity index (χ0) is 15.0. The van der Waals surface area contributed by atoms with Crippen LogP contribution in [-0.2, 0) is 0 Å². The van der Waals surface area contributed by atoms with Crippen LogP contribution in [-0.4, -0.2) is 16.3 Å². The Kier molecular flexibility index (Phi) is 3.15. The highest BCUT2D eigenvalue weighted by atomic mass is 35.5. The van der Waals surface area contributed by atoms with Gasteiger partial charge in [0.05, 0.1) is 6.20 Å². The number of hydrazine groups is 1. The van der Waals surface area contributed by atoms with Crippen LogP contribution in [0.15, 0.2) is 24.4 Å². The molecule has 0 unspecified atom stereocenters. The zero-order valence-corrected chi connectivity index (χ0v) is 11.0. The van der Waals surface area contributed by atoms with E-state index in [9.17, 15) is 8.78 Å². The number of aromatic nitrogens is 2. The van der Waals surface area contributed by atoms with E-state index in [4.69, 9.17) is 17.4 Å². The normalized spacial score (nSPS) is 14.9. The molecule has 21 heavy (non-hydrogen) atoms. The van der Waals surface area contributed by atoms with Gasteiger partial charge in [-0.05, 0) is 12.1 Å². The van der Waals surface area contributed by atoms with Gasteiger partial charge < -0.3 is 14.8 Å². The highest BCUT2D eigenvalue weighted by molar-refractivity contribution is 6.32. The second kappa shape index (κ2) is 4.86. The molecule has 10 heteroatoms. The van der Waals surface area contributed by atoms with Crippen molar-refractivity contribution in [2.45, 2.75) is 6.29 Å². The van der Waals surface area contributed by atoms with E-state index in [1.807, 2.05) is 0 Å². The molecule has 4 N–H and O–H groups in total. The lowest BCUT2D eigenvalue weighted by Crippen LogP contribution is -2.25. The van der Waals surface area contributed by atoms with Gasteiger partial charge in [0.2, 0.25) is 5.95 Å². The molecular weight excluding hydrogens is 308 g/mol. The maximum absolute atomic E-state index is 12.9. The molecule has 0 saturated carbocycles. The van der Waals surface area contributed by atoms with Crippen molar-refractivity contribution < 1.29 is 18.3 Å². The third kappa shape index (κ3) is 2.73. The summed E-state index contributed by atoms with van der Waals surface area (Å²) >= 11 is 5.93. The minimum absolute atomic E-state index is 0.0522. The highest BCUT2D eigenvalue weighted by Gasteiger charge is 2.43. The molecule has 1 aliphatic heterocycles. The van der Waals surface area contributed by atoms with Crippen LogP contribution < -0.4 is 26.1 Å². The summed E-state index contributed by atoms with van der Waals surface area (Å²) in [6, 6.07) is 4.19. The van der Waals surface area contributed by atoms with Crippen LogP contribution in [0.4, 0.5) is 26.2 Å². The van der Waals surface area contributed by atoms with E-state index in [2.05, 4.69) is 30.2 Å². The van der Waals surface area contributed by atoms with Crippen molar-refractivity contribution in [1.29, 1.82) is 0 Å². The molecule has 110 valence electrons. The average molecular weight is 316 g/mol. The first-order valence-electron chi connectivity index (χ1n) is 5.63. The third-order valence-electron chi connectivity index (χ3n) is 2.54. The van der Waals surface area contributed by atoms with Crippen molar-refractivity contribution in [2.24, 2.45) is 5.84 Å². The van der Waals surface area contributed by atoms with Crippen LogP contribution in [0.5, 0.6) is 11.5 Å². The lowest BCUT2D eigenvalue weighted by molar-refractivity contribution is -0.286. The number of hydrogen-bond donors (Lipinski definition) is 3. The van der Waals surface area contributed by atoms with E-state index in [1.165, 1.54) is 24.4 Å². The summed E-state index contributed by atoms with van der Waals surface area (Å²) < 4.78 is 34.5. The number of nitrogens with zero attached hydrogens (tertiary/aromatic N) is 2. The predicted molar refractivity (Wildman–Crippen MR) is 70.8 cm³/mol. The number of nitrogens with two attached hydrogens (primary N) is 1. The van der Waals surface area contributed by atoms with E-state index in [0.29, 0.717) is 5.69 Å². The smallest absolute Gasteiger partial charge is 0.395 e. The first kappa shape index (κ1) is 13.6. The number of rotatable bonds is 3. The molecule has 2 aromatic rings. The summed E-state index contributed by atoms with van der Waals surface area (Å²) in [6.45, 7) is 0. The fraction of sp³-hybridized carbons (Fsp3) is 0.0909. The van der Waals surface area contributed by atoms with Crippen LogP contribution in [0, 0.1) is 0 Å². The van der Waals surface area contributed by atoms with E-state index in [-0.39, 0.29) is 28.3 Å². The molecule has 0 saturated heterocycles. The molecule has 0 spiro atoms. The van der Waals surface area contributed by atoms with Gasteiger partial charge in [0, 0.05) is 11.8 Å². The lowest BCUT2D eigenvalue weighted by atomic mass is 10.3. The number of nitrogen functional groups attached to an aromatic ring is 1. The SMILES string of the molecule is NNc1ncc(Cl)c(Nc2ccc3c(c2)OC(F)(F)O3)n1. The molecule has 1 aromatic carbocycles. The summed E-state index contributed by atoms with van der Waals surface area (Å²) in [5.74, 6) is 5.46. The van der Waals surface area contributed by atoms with Crippen LogP contribution in [0.25, 0.3) is 0 Å². The Morgan fingerprint density at radius 2 is 2.00 bits per heavy atom. The average Bonchev–Trinajstić information content (AvgIpc) is 2.74. The molecule has 2 heterocycles. The molecule has 0 fully saturated rings. The molecule has 0 bridgehead atoms. The molecule has 1 aromatic heterocycles. The van der Waals surface area contributed by atoms with Crippen molar-refractivity contribution in [1.82, 2.24) is 9.97 Å². The summed E-state index contributed by atoms with van der Waals surface area (Å²) in [7, 11) is 0. The third-order valence-corrected chi connectivity index (χ3v) is 2.81. The predicted octanol–water partition coefficient (Wildman–Crippen LogP) is 2.48. The van der Waals surface area contributed by atoms with Gasteiger partial charge in [-0.2, -0.15) is 4.98 Å². The summed E-state index contributed by atoms with van der Waals surface area (Å²) in [6.07, 6.45) is -2.32. The van der Waals surface area contributed by atoms with Gasteiger partial charge in [-0.3, -0.25) is 5.43 Å². The van der Waals surface area contributed by atoms with Crippen LogP contribution in [0.2, 0.25) is 5.02 Å². The monoisotopic (exact) mass is 315 g/mol. The Bertz CT molecular complexity index is 700. The summed E-state index contributed by atoms with van der Waals surface area (Å²) in [5, 5.41) is 3.08. The van der Waals surface area contributed by atoms with Crippen molar-refractivity contribution in [2.75, 3.05) is 10.7 Å². The number of alkyl halides is 2. The van der Waals surface area contributed by atoms with Gasteiger partial charge >= 0.3 is 6.29 Å². The summed E-state index contributed by atoms with van der Waals surface area (Å²) in [5.41, 5.74) is 2.70. The molecule has 7 nitrogen and oxygen atoms in total. The number of fused-ring (bicyclic) bond motifs is 1. The highest BCUT2D eigenvalue weighted by Crippen LogP contribution is 2.42. The molecule has 0 aliphatic carbocycles. The number of benzene rings is 1. The minimum atomic E-state index is -3.66. The Labute approximate surface area is 122 Å². The van der Waals surface area contributed by atoms with Gasteiger partial charge in [-0.25, -0.2) is 10.8 Å². The van der Waals surface area contributed by atoms with Gasteiger partial charge in [0.1, 0.15) is 5.02 Å². The first-order chi connectivity index (χ1) is 9.97. The van der Waals surface area contributed by atoms with E-state index in [0.717, 1.165) is 0 Å². The fourth-order valence-corrected chi connectivity index (χ4v) is 1.83. The van der Waals surface area contributed by atoms with Crippen molar-refractivity contribution in [3.05, 3.63) is 29.4 Å². The summed E-state index contributed by atoms with van der Waals surface area (Å²) in [4.78, 5) is 7.81. The first-order valence-corrected chi connectivity index (χ1v) is 6.01. The number of ether oxygens (including phenoxy) is 2. The van der Waals surface area contributed by atoms with Crippen molar-refractivity contribution >= 4 is 29.1 Å².